The summed E-state index contributed by atoms with van der Waals surface area (Å²) in [6.45, 7) is -0.300. The number of guanidine groups is 1. The van der Waals surface area contributed by atoms with Crippen LogP contribution in [0.15, 0.2) is 4.99 Å². The van der Waals surface area contributed by atoms with Crippen molar-refractivity contribution in [2.24, 2.45) is 33.7 Å². The molecule has 21 nitrogen and oxygen atoms in total. The van der Waals surface area contributed by atoms with Gasteiger partial charge in [-0.25, -0.2) is 0 Å². The Balaban J connectivity index is 2.29. The maximum atomic E-state index is 14.0. The van der Waals surface area contributed by atoms with Gasteiger partial charge in [0.2, 0.25) is 52.4 Å². The van der Waals surface area contributed by atoms with Crippen LogP contribution in [0.2, 0.25) is 0 Å². The third-order valence-corrected chi connectivity index (χ3v) is 9.19. The summed E-state index contributed by atoms with van der Waals surface area (Å²) in [5.74, 6) is -6.64. The van der Waals surface area contributed by atoms with Crippen LogP contribution in [0.4, 0.5) is 0 Å². The lowest BCUT2D eigenvalue weighted by Crippen LogP contribution is -2.59. The lowest BCUT2D eigenvalue weighted by atomic mass is 10.1. The third-order valence-electron chi connectivity index (χ3n) is 7.71. The van der Waals surface area contributed by atoms with Gasteiger partial charge in [0.05, 0.1) is 19.0 Å². The second kappa shape index (κ2) is 20.9. The summed E-state index contributed by atoms with van der Waals surface area (Å²) in [5, 5.41) is 11.6. The highest BCUT2D eigenvalue weighted by molar-refractivity contribution is 8.13. The molecule has 0 saturated carbocycles. The monoisotopic (exact) mass is 758 g/mol. The molecule has 284 valence electrons. The molecule has 2 heterocycles. The first kappa shape index (κ1) is 42.5. The molecule has 2 saturated heterocycles. The van der Waals surface area contributed by atoms with Gasteiger partial charge in [-0.2, -0.15) is 12.6 Å². The number of amides is 8. The first-order chi connectivity index (χ1) is 24.0. The van der Waals surface area contributed by atoms with Crippen LogP contribution in [-0.2, 0) is 43.2 Å². The van der Waals surface area contributed by atoms with E-state index in [1.165, 1.54) is 4.90 Å². The van der Waals surface area contributed by atoms with E-state index in [2.05, 4.69) is 44.2 Å². The Morgan fingerprint density at radius 2 is 1.61 bits per heavy atom. The average Bonchev–Trinajstić information content (AvgIpc) is 3.74. The van der Waals surface area contributed by atoms with E-state index < -0.39 is 95.7 Å². The minimum absolute atomic E-state index is 0.00423. The molecule has 8 amide bonds. The smallest absolute Gasteiger partial charge is 0.246 e. The summed E-state index contributed by atoms with van der Waals surface area (Å²) in [4.78, 5) is 119. The predicted octanol–water partition coefficient (Wildman–Crippen LogP) is -6.24. The van der Waals surface area contributed by atoms with Gasteiger partial charge in [-0.05, 0) is 32.1 Å². The molecule has 0 aromatic carbocycles. The molecule has 2 fully saturated rings. The maximum Gasteiger partial charge on any atom is 0.246 e. The normalized spacial score (nSPS) is 19.0. The molecule has 23 heteroatoms. The van der Waals surface area contributed by atoms with E-state index in [-0.39, 0.29) is 68.6 Å². The number of nitrogens with two attached hydrogens (primary N) is 5. The number of likely N-dealkylation sites (tertiary alicyclic amines) is 1. The molecule has 51 heavy (non-hydrogen) atoms. The third kappa shape index (κ3) is 14.3. The fourth-order valence-corrected chi connectivity index (χ4v) is 6.27. The fourth-order valence-electron chi connectivity index (χ4n) is 5.13. The van der Waals surface area contributed by atoms with E-state index in [0.717, 1.165) is 0 Å². The summed E-state index contributed by atoms with van der Waals surface area (Å²) >= 11 is 4.64. The summed E-state index contributed by atoms with van der Waals surface area (Å²) < 4.78 is 0. The number of rotatable bonds is 20. The van der Waals surface area contributed by atoms with Crippen molar-refractivity contribution in [3.63, 3.8) is 0 Å². The van der Waals surface area contributed by atoms with Crippen LogP contribution in [0.25, 0.3) is 0 Å². The van der Waals surface area contributed by atoms with Gasteiger partial charge in [0, 0.05) is 31.0 Å². The highest BCUT2D eigenvalue weighted by Gasteiger charge is 2.40. The molecule has 0 aromatic rings. The maximum absolute atomic E-state index is 14.0. The van der Waals surface area contributed by atoms with Crippen molar-refractivity contribution in [1.29, 1.82) is 0 Å². The average molecular weight is 759 g/mol. The van der Waals surface area contributed by atoms with Gasteiger partial charge >= 0.3 is 0 Å². The van der Waals surface area contributed by atoms with Gasteiger partial charge < -0.3 is 60.2 Å². The van der Waals surface area contributed by atoms with E-state index in [1.807, 2.05) is 0 Å². The molecular formula is C28H46N12O9S2. The fraction of sp³-hybridized carbons (Fsp3) is 0.643. The molecular weight excluding hydrogens is 713 g/mol. The lowest BCUT2D eigenvalue weighted by Gasteiger charge is -2.30. The van der Waals surface area contributed by atoms with E-state index in [1.54, 1.807) is 0 Å². The Morgan fingerprint density at radius 3 is 2.20 bits per heavy atom. The van der Waals surface area contributed by atoms with E-state index in [0.29, 0.717) is 18.2 Å². The van der Waals surface area contributed by atoms with Gasteiger partial charge in [-0.3, -0.25) is 48.1 Å². The Labute approximate surface area is 302 Å². The van der Waals surface area contributed by atoms with Gasteiger partial charge in [0.15, 0.2) is 5.96 Å². The van der Waals surface area contributed by atoms with Gasteiger partial charge in [-0.15, -0.1) is 0 Å². The van der Waals surface area contributed by atoms with Crippen molar-refractivity contribution in [1.82, 2.24) is 31.5 Å². The van der Waals surface area contributed by atoms with Crippen molar-refractivity contribution < 1.29 is 43.2 Å². The summed E-state index contributed by atoms with van der Waals surface area (Å²) in [7, 11) is 0. The summed E-state index contributed by atoms with van der Waals surface area (Å²) in [6.07, 6.45) is 0.417. The minimum Gasteiger partial charge on any atom is -0.370 e. The van der Waals surface area contributed by atoms with Crippen LogP contribution in [0.5, 0.6) is 0 Å². The highest BCUT2D eigenvalue weighted by atomic mass is 32.2. The second-order valence-corrected chi connectivity index (χ2v) is 13.1. The Morgan fingerprint density at radius 1 is 0.922 bits per heavy atom. The molecule has 0 bridgehead atoms. The number of aliphatic imine (C=N–C) groups is 1. The topological polar surface area (TPSA) is 359 Å². The van der Waals surface area contributed by atoms with Gasteiger partial charge in [-0.1, -0.05) is 11.8 Å². The van der Waals surface area contributed by atoms with Crippen LogP contribution >= 0.6 is 24.4 Å². The SMILES string of the molecule is NC(=O)CNC(=O)[C@H](CCCN=C(N)N)NC(=O)[C@@H]1CCCN1C(=O)[C@H](CSC(=O)[C@@H](N)CS)NC(=O)[C@H](CC(N)=O)NC(=O)[C@@H]1CCC(=O)N1. The molecule has 0 spiro atoms. The number of nitrogens with one attached hydrogen (secondary N) is 5. The van der Waals surface area contributed by atoms with Gasteiger partial charge in [0.1, 0.15) is 30.2 Å². The molecule has 0 radical (unpaired) electrons. The number of primary amides is 2. The van der Waals surface area contributed by atoms with Crippen LogP contribution in [-0.4, -0.2) is 131 Å². The largest absolute Gasteiger partial charge is 0.370 e. The lowest BCUT2D eigenvalue weighted by molar-refractivity contribution is -0.142. The first-order valence-corrected chi connectivity index (χ1v) is 17.6. The second-order valence-electron chi connectivity index (χ2n) is 11.8. The zero-order valence-electron chi connectivity index (χ0n) is 27.8. The number of carbonyl (C=O) groups excluding carboxylic acids is 9. The molecule has 0 unspecified atom stereocenters. The molecule has 2 aliphatic heterocycles. The molecule has 6 atom stereocenters. The Kier molecular flexibility index (Phi) is 17.4. The molecule has 2 rings (SSSR count). The van der Waals surface area contributed by atoms with E-state index >= 15 is 0 Å². The minimum atomic E-state index is -1.56. The molecule has 2 aliphatic rings. The van der Waals surface area contributed by atoms with Crippen LogP contribution in [0.3, 0.4) is 0 Å². The Bertz CT molecular complexity index is 1380. The zero-order valence-corrected chi connectivity index (χ0v) is 29.5. The number of nitrogens with zero attached hydrogens (tertiary/aromatic N) is 2. The van der Waals surface area contributed by atoms with Crippen molar-refractivity contribution in [3.05, 3.63) is 0 Å². The number of hydrogen-bond donors (Lipinski definition) is 11. The van der Waals surface area contributed by atoms with Crippen LogP contribution in [0, 0.1) is 0 Å². The van der Waals surface area contributed by atoms with E-state index in [4.69, 9.17) is 28.7 Å². The van der Waals surface area contributed by atoms with E-state index in [9.17, 15) is 43.2 Å². The zero-order chi connectivity index (χ0) is 38.2. The van der Waals surface area contributed by atoms with Crippen LogP contribution in [0.1, 0.15) is 44.9 Å². The van der Waals surface area contributed by atoms with Crippen LogP contribution < -0.4 is 55.3 Å². The first-order valence-electron chi connectivity index (χ1n) is 16.0. The van der Waals surface area contributed by atoms with Crippen molar-refractivity contribution in [2.75, 3.05) is 31.1 Å². The number of thioether (sulfide) groups is 1. The van der Waals surface area contributed by atoms with Crippen molar-refractivity contribution in [3.8, 4) is 0 Å². The van der Waals surface area contributed by atoms with Crippen molar-refractivity contribution >= 4 is 82.7 Å². The number of hydrogen-bond acceptors (Lipinski definition) is 13. The van der Waals surface area contributed by atoms with Crippen molar-refractivity contribution in [2.45, 2.75) is 81.2 Å². The predicted molar refractivity (Wildman–Crippen MR) is 187 cm³/mol. The number of thiol groups is 1. The summed E-state index contributed by atoms with van der Waals surface area (Å²) in [6, 6.07) is -7.26. The number of carbonyl (C=O) groups is 9. The Hall–Kier alpha value is -4.64. The molecule has 0 aliphatic carbocycles. The standard InChI is InChI=1S/C28H46N12O9S2/c29-13(11-50)27(49)51-12-17(39-24(46)16(9-19(30)41)38-23(45)15-5-6-21(43)36-15)26(48)40-8-2-4-18(40)25(47)37-14(3-1-7-34-28(32)33)22(44)35-10-20(31)42/h13-18,50H,1-12,29H2,(H2,30,41)(H2,31,42)(H,35,44)(H,36,43)(H,37,47)(H,38,45)(H,39,46)(H4,32,33,34)/t13-,14-,15-,16-,17-,18-/m0/s1. The molecule has 15 N–H and O–H groups in total. The highest BCUT2D eigenvalue weighted by Crippen LogP contribution is 2.21. The summed E-state index contributed by atoms with van der Waals surface area (Å²) in [5.41, 5.74) is 26.9. The quantitative estimate of drug-likeness (QED) is 0.0239. The molecule has 0 aromatic heterocycles. The van der Waals surface area contributed by atoms with Gasteiger partial charge in [0.25, 0.3) is 0 Å².